The van der Waals surface area contributed by atoms with Crippen LogP contribution in [0.1, 0.15) is 0 Å². The Hall–Kier alpha value is 0.616. The van der Waals surface area contributed by atoms with E-state index < -0.39 is 5.97 Å². The Bertz CT molecular complexity index is 238. The van der Waals surface area contributed by atoms with Crippen molar-refractivity contribution in [3.8, 4) is 5.75 Å². The van der Waals surface area contributed by atoms with Gasteiger partial charge in [-0.25, -0.2) is 0 Å². The van der Waals surface area contributed by atoms with Gasteiger partial charge in [0.2, 0.25) is 0 Å². The van der Waals surface area contributed by atoms with E-state index in [1.165, 1.54) is 0 Å². The van der Waals surface area contributed by atoms with Crippen molar-refractivity contribution >= 4 is 17.6 Å². The summed E-state index contributed by atoms with van der Waals surface area (Å²) < 4.78 is 4.79. The molecule has 0 bridgehead atoms. The van der Waals surface area contributed by atoms with E-state index in [0.29, 0.717) is 5.75 Å². The van der Waals surface area contributed by atoms with E-state index in [-0.39, 0.29) is 57.3 Å². The molecule has 2 nitrogen and oxygen atoms in total. The van der Waals surface area contributed by atoms with Crippen LogP contribution in [0.5, 0.6) is 5.75 Å². The van der Waals surface area contributed by atoms with Gasteiger partial charge in [0.05, 0.1) is 0 Å². The third-order valence-corrected chi connectivity index (χ3v) is 1.30. The molecule has 0 spiro atoms. The number of rotatable bonds is 2. The van der Waals surface area contributed by atoms with Gasteiger partial charge in [-0.05, 0) is 12.1 Å². The molecule has 58 valence electrons. The largest absolute Gasteiger partial charge is 1.00 e. The van der Waals surface area contributed by atoms with E-state index in [4.69, 9.17) is 16.3 Å². The molecule has 1 aromatic rings. The van der Waals surface area contributed by atoms with E-state index in [1.807, 2.05) is 6.07 Å². The number of esters is 1. The minimum absolute atomic E-state index is 0. The predicted molar refractivity (Wildman–Crippen MR) is 42.8 cm³/mol. The van der Waals surface area contributed by atoms with Gasteiger partial charge < -0.3 is 4.74 Å². The van der Waals surface area contributed by atoms with Crippen molar-refractivity contribution in [2.45, 2.75) is 0 Å². The zero-order valence-electron chi connectivity index (χ0n) is 6.79. The fourth-order valence-corrected chi connectivity index (χ4v) is 0.702. The van der Waals surface area contributed by atoms with E-state index in [1.54, 1.807) is 24.3 Å². The number of carbonyl (C=O) groups excluding carboxylic acids is 1. The average molecular weight is 210 g/mol. The Morgan fingerprint density at radius 1 is 1.33 bits per heavy atom. The van der Waals surface area contributed by atoms with Gasteiger partial charge in [-0.2, -0.15) is 0 Å². The summed E-state index contributed by atoms with van der Waals surface area (Å²) >= 11 is 5.23. The maximum absolute atomic E-state index is 10.6. The Balaban J connectivity index is 0.00000121. The number of hydrogen-bond acceptors (Lipinski definition) is 2. The summed E-state index contributed by atoms with van der Waals surface area (Å²) in [5.41, 5.74) is 0. The molecule has 1 rings (SSSR count). The second-order valence-electron chi connectivity index (χ2n) is 1.92. The first kappa shape index (κ1) is 12.6. The monoisotopic (exact) mass is 209 g/mol. The Labute approximate surface area is 119 Å². The minimum atomic E-state index is -0.433. The summed E-state index contributed by atoms with van der Waals surface area (Å²) in [6.45, 7) is 0. The molecule has 1 aromatic carbocycles. The van der Waals surface area contributed by atoms with Crippen molar-refractivity contribution in [2.75, 3.05) is 5.88 Å². The number of para-hydroxylation sites is 1. The number of carbonyl (C=O) groups is 1. The van der Waals surface area contributed by atoms with Crippen LogP contribution in [-0.2, 0) is 4.79 Å². The molecule has 0 radical (unpaired) electrons. The third-order valence-electron chi connectivity index (χ3n) is 1.08. The molecule has 12 heavy (non-hydrogen) atoms. The molecule has 0 amide bonds. The third kappa shape index (κ3) is 4.60. The van der Waals surface area contributed by atoms with Gasteiger partial charge in [0, 0.05) is 0 Å². The molecule has 0 fully saturated rings. The summed E-state index contributed by atoms with van der Waals surface area (Å²) in [5.74, 6) is -0.0226. The van der Waals surface area contributed by atoms with Crippen molar-refractivity contribution in [2.24, 2.45) is 0 Å². The molecule has 0 aliphatic carbocycles. The molecule has 0 aliphatic rings. The van der Waals surface area contributed by atoms with E-state index >= 15 is 0 Å². The molecule has 4 heteroatoms. The van der Waals surface area contributed by atoms with Gasteiger partial charge in [-0.1, -0.05) is 18.2 Å². The molecular formula is C8H7ClKO2+. The SMILES string of the molecule is O=C(CCl)Oc1ccccc1.[K+]. The molecule has 0 atom stereocenters. The van der Waals surface area contributed by atoms with Crippen LogP contribution in [0.25, 0.3) is 0 Å². The molecule has 0 aromatic heterocycles. The van der Waals surface area contributed by atoms with Crippen LogP contribution in [0, 0.1) is 0 Å². The molecule has 0 saturated carbocycles. The van der Waals surface area contributed by atoms with Crippen LogP contribution in [0.4, 0.5) is 0 Å². The van der Waals surface area contributed by atoms with E-state index in [2.05, 4.69) is 0 Å². The topological polar surface area (TPSA) is 26.3 Å². The maximum atomic E-state index is 10.6. The van der Waals surface area contributed by atoms with E-state index in [9.17, 15) is 4.79 Å². The summed E-state index contributed by atoms with van der Waals surface area (Å²) in [5, 5.41) is 0. The van der Waals surface area contributed by atoms with Crippen molar-refractivity contribution in [1.29, 1.82) is 0 Å². The molecule has 0 aliphatic heterocycles. The zero-order chi connectivity index (χ0) is 8.10. The zero-order valence-corrected chi connectivity index (χ0v) is 10.7. The summed E-state index contributed by atoms with van der Waals surface area (Å²) in [7, 11) is 0. The first-order valence-electron chi connectivity index (χ1n) is 3.14. The van der Waals surface area contributed by atoms with Crippen LogP contribution in [0.15, 0.2) is 30.3 Å². The molecular weight excluding hydrogens is 203 g/mol. The molecule has 0 saturated heterocycles. The predicted octanol–water partition coefficient (Wildman–Crippen LogP) is -1.17. The first-order chi connectivity index (χ1) is 5.33. The second-order valence-corrected chi connectivity index (χ2v) is 2.19. The molecule has 0 heterocycles. The smallest absolute Gasteiger partial charge is 0.426 e. The average Bonchev–Trinajstić information content (AvgIpc) is 2.06. The Kier molecular flexibility index (Phi) is 7.42. The standard InChI is InChI=1S/C8H7ClO2.K/c9-6-8(10)11-7-4-2-1-3-5-7;/h1-5H,6H2;/q;+1. The van der Waals surface area contributed by atoms with Gasteiger partial charge in [-0.15, -0.1) is 11.6 Å². The molecule has 0 N–H and O–H groups in total. The number of ether oxygens (including phenoxy) is 1. The maximum Gasteiger partial charge on any atom is 1.00 e. The second kappa shape index (κ2) is 7.06. The minimum Gasteiger partial charge on any atom is -0.426 e. The van der Waals surface area contributed by atoms with Crippen molar-refractivity contribution in [3.63, 3.8) is 0 Å². The van der Waals surface area contributed by atoms with Crippen molar-refractivity contribution in [1.82, 2.24) is 0 Å². The summed E-state index contributed by atoms with van der Waals surface area (Å²) in [4.78, 5) is 10.6. The Morgan fingerprint density at radius 2 is 1.92 bits per heavy atom. The number of alkyl halides is 1. The van der Waals surface area contributed by atoms with Gasteiger partial charge in [0.1, 0.15) is 11.6 Å². The number of halogens is 1. The van der Waals surface area contributed by atoms with Crippen molar-refractivity contribution in [3.05, 3.63) is 30.3 Å². The van der Waals surface area contributed by atoms with Crippen LogP contribution < -0.4 is 56.1 Å². The van der Waals surface area contributed by atoms with Gasteiger partial charge in [-0.3, -0.25) is 4.79 Å². The number of benzene rings is 1. The van der Waals surface area contributed by atoms with Gasteiger partial charge in [0.15, 0.2) is 0 Å². The van der Waals surface area contributed by atoms with Gasteiger partial charge >= 0.3 is 57.4 Å². The van der Waals surface area contributed by atoms with E-state index in [0.717, 1.165) is 0 Å². The van der Waals surface area contributed by atoms with Gasteiger partial charge in [0.25, 0.3) is 0 Å². The normalized spacial score (nSPS) is 8.42. The molecule has 0 unspecified atom stereocenters. The van der Waals surface area contributed by atoms with Crippen LogP contribution >= 0.6 is 11.6 Å². The summed E-state index contributed by atoms with van der Waals surface area (Å²) in [6.07, 6.45) is 0. The first-order valence-corrected chi connectivity index (χ1v) is 3.68. The number of hydrogen-bond donors (Lipinski definition) is 0. The van der Waals surface area contributed by atoms with Crippen LogP contribution in [-0.4, -0.2) is 11.8 Å². The van der Waals surface area contributed by atoms with Crippen LogP contribution in [0.3, 0.4) is 0 Å². The fourth-order valence-electron chi connectivity index (χ4n) is 0.647. The van der Waals surface area contributed by atoms with Crippen molar-refractivity contribution < 1.29 is 60.9 Å². The summed E-state index contributed by atoms with van der Waals surface area (Å²) in [6, 6.07) is 8.82. The quantitative estimate of drug-likeness (QED) is 0.266. The Morgan fingerprint density at radius 3 is 2.42 bits per heavy atom. The van der Waals surface area contributed by atoms with Crippen LogP contribution in [0.2, 0.25) is 0 Å². The fraction of sp³-hybridized carbons (Fsp3) is 0.125.